The van der Waals surface area contributed by atoms with Crippen LogP contribution in [0.5, 0.6) is 0 Å². The van der Waals surface area contributed by atoms with Crippen LogP contribution in [-0.4, -0.2) is 31.0 Å². The standard InChI is InChI=1S/C12H21O2.3C4H9.Sn/c1-5-10(3)9-11(4)7-8-12(13)14-6-2;3*1-3-4-2;/h7,10-11H,5-6,9H2,1-4H3;3*1,3-4H2,2H3;/t10-,11-;;;;/m0..../s1. The van der Waals surface area contributed by atoms with Crippen LogP contribution in [0.4, 0.5) is 0 Å². The van der Waals surface area contributed by atoms with Crippen molar-refractivity contribution in [1.29, 1.82) is 0 Å². The monoisotopic (exact) mass is 488 g/mol. The van der Waals surface area contributed by atoms with Gasteiger partial charge in [-0.2, -0.15) is 0 Å². The summed E-state index contributed by atoms with van der Waals surface area (Å²) in [5.74, 6) is 1.22. The van der Waals surface area contributed by atoms with Gasteiger partial charge in [0.2, 0.25) is 0 Å². The van der Waals surface area contributed by atoms with E-state index in [1.807, 2.05) is 6.92 Å². The molecule has 0 saturated carbocycles. The van der Waals surface area contributed by atoms with Gasteiger partial charge in [-0.25, -0.2) is 0 Å². The molecular weight excluding hydrogens is 439 g/mol. The van der Waals surface area contributed by atoms with E-state index in [1.54, 1.807) is 0 Å². The molecule has 0 amide bonds. The number of rotatable bonds is 16. The van der Waals surface area contributed by atoms with Crippen LogP contribution >= 0.6 is 0 Å². The van der Waals surface area contributed by atoms with Crippen molar-refractivity contribution in [1.82, 2.24) is 0 Å². The Balaban J connectivity index is 5.97. The first-order valence-electron chi connectivity index (χ1n) is 11.8. The van der Waals surface area contributed by atoms with E-state index >= 15 is 0 Å². The quantitative estimate of drug-likeness (QED) is 0.126. The van der Waals surface area contributed by atoms with Gasteiger partial charge in [0.1, 0.15) is 0 Å². The number of hydrogen-bond donors (Lipinski definition) is 0. The summed E-state index contributed by atoms with van der Waals surface area (Å²) in [6.07, 6.45) is 12.3. The van der Waals surface area contributed by atoms with Gasteiger partial charge >= 0.3 is 175 Å². The van der Waals surface area contributed by atoms with Crippen LogP contribution in [0.15, 0.2) is 9.67 Å². The van der Waals surface area contributed by atoms with Crippen molar-refractivity contribution in [3.8, 4) is 0 Å². The number of allylic oxidation sites excluding steroid dienone is 1. The van der Waals surface area contributed by atoms with Crippen molar-refractivity contribution in [3.63, 3.8) is 0 Å². The maximum absolute atomic E-state index is 13.1. The normalized spacial score (nSPS) is 14.9. The zero-order valence-corrected chi connectivity index (χ0v) is 22.4. The minimum atomic E-state index is -2.76. The first-order chi connectivity index (χ1) is 12.9. The molecule has 0 aromatic rings. The average Bonchev–Trinajstić information content (AvgIpc) is 2.66. The molecule has 0 fully saturated rings. The van der Waals surface area contributed by atoms with Crippen molar-refractivity contribution in [3.05, 3.63) is 9.67 Å². The van der Waals surface area contributed by atoms with Crippen LogP contribution in [0.25, 0.3) is 0 Å². The van der Waals surface area contributed by atoms with Crippen molar-refractivity contribution in [2.75, 3.05) is 6.61 Å². The van der Waals surface area contributed by atoms with Gasteiger partial charge < -0.3 is 0 Å². The van der Waals surface area contributed by atoms with Crippen LogP contribution in [-0.2, 0) is 9.53 Å². The van der Waals surface area contributed by atoms with E-state index in [2.05, 4.69) is 47.6 Å². The molecule has 0 aliphatic heterocycles. The minimum absolute atomic E-state index is 0.0348. The zero-order valence-electron chi connectivity index (χ0n) is 19.5. The molecule has 0 heterocycles. The second kappa shape index (κ2) is 15.9. The van der Waals surface area contributed by atoms with Crippen LogP contribution in [0.2, 0.25) is 13.3 Å². The third-order valence-electron chi connectivity index (χ3n) is 6.02. The second-order valence-electron chi connectivity index (χ2n) is 8.62. The van der Waals surface area contributed by atoms with E-state index < -0.39 is 18.4 Å². The van der Waals surface area contributed by atoms with Crippen molar-refractivity contribution < 1.29 is 9.53 Å². The van der Waals surface area contributed by atoms with Gasteiger partial charge in [-0.05, 0) is 0 Å². The van der Waals surface area contributed by atoms with E-state index in [0.29, 0.717) is 18.4 Å². The molecule has 0 aliphatic rings. The van der Waals surface area contributed by atoms with Gasteiger partial charge in [0, 0.05) is 0 Å². The predicted octanol–water partition coefficient (Wildman–Crippen LogP) is 7.94. The van der Waals surface area contributed by atoms with Gasteiger partial charge in [-0.15, -0.1) is 0 Å². The first kappa shape index (κ1) is 27.0. The molecule has 0 aromatic carbocycles. The van der Waals surface area contributed by atoms with Crippen molar-refractivity contribution in [2.24, 2.45) is 11.8 Å². The molecule has 0 N–H and O–H groups in total. The Morgan fingerprint density at radius 2 is 1.37 bits per heavy atom. The van der Waals surface area contributed by atoms with Crippen LogP contribution in [0.1, 0.15) is 99.8 Å². The van der Waals surface area contributed by atoms with E-state index in [1.165, 1.54) is 68.3 Å². The average molecular weight is 487 g/mol. The summed E-state index contributed by atoms with van der Waals surface area (Å²) in [5, 5.41) is 0. The third kappa shape index (κ3) is 10.4. The fourth-order valence-electron chi connectivity index (χ4n) is 4.15. The fourth-order valence-corrected chi connectivity index (χ4v) is 20.7. The zero-order chi connectivity index (χ0) is 20.7. The number of esters is 1. The predicted molar refractivity (Wildman–Crippen MR) is 123 cm³/mol. The Bertz CT molecular complexity index is 395. The van der Waals surface area contributed by atoms with Gasteiger partial charge in [0.25, 0.3) is 0 Å². The van der Waals surface area contributed by atoms with E-state index in [9.17, 15) is 4.79 Å². The Morgan fingerprint density at radius 1 is 0.889 bits per heavy atom. The first-order valence-corrected chi connectivity index (χ1v) is 19.3. The molecule has 0 spiro atoms. The molecule has 2 nitrogen and oxygen atoms in total. The number of carbonyl (C=O) groups is 1. The van der Waals surface area contributed by atoms with E-state index in [0.717, 1.165) is 0 Å². The molecule has 160 valence electrons. The molecule has 27 heavy (non-hydrogen) atoms. The number of ether oxygens (including phenoxy) is 1. The summed E-state index contributed by atoms with van der Waals surface area (Å²) in [6, 6.07) is 0. The summed E-state index contributed by atoms with van der Waals surface area (Å²) in [4.78, 5) is 13.1. The third-order valence-corrected chi connectivity index (χ3v) is 21.6. The molecule has 0 aliphatic carbocycles. The molecule has 0 unspecified atom stereocenters. The van der Waals surface area contributed by atoms with Gasteiger partial charge in [-0.1, -0.05) is 0 Å². The summed E-state index contributed by atoms with van der Waals surface area (Å²) in [6.45, 7) is 16.2. The van der Waals surface area contributed by atoms with Crippen molar-refractivity contribution in [2.45, 2.75) is 113 Å². The Hall–Kier alpha value is 0.00870. The molecule has 0 bridgehead atoms. The summed E-state index contributed by atoms with van der Waals surface area (Å²) in [7, 11) is 0. The summed E-state index contributed by atoms with van der Waals surface area (Å²) >= 11 is -2.76. The molecule has 0 aromatic heterocycles. The second-order valence-corrected chi connectivity index (χ2v) is 21.7. The molecular formula is C24H48O2Sn. The van der Waals surface area contributed by atoms with Gasteiger partial charge in [0.05, 0.1) is 0 Å². The van der Waals surface area contributed by atoms with Crippen molar-refractivity contribution >= 4 is 24.3 Å². The number of unbranched alkanes of at least 4 members (excludes halogenated alkanes) is 3. The number of carbonyl (C=O) groups excluding carboxylic acids is 1. The summed E-state index contributed by atoms with van der Waals surface area (Å²) in [5.41, 5.74) is 0. The summed E-state index contributed by atoms with van der Waals surface area (Å²) < 4.78 is 10.8. The van der Waals surface area contributed by atoms with Crippen LogP contribution in [0.3, 0.4) is 0 Å². The van der Waals surface area contributed by atoms with E-state index in [-0.39, 0.29) is 5.97 Å². The van der Waals surface area contributed by atoms with Crippen LogP contribution < -0.4 is 0 Å². The maximum atomic E-state index is 13.1. The molecule has 0 rings (SSSR count). The number of hydrogen-bond acceptors (Lipinski definition) is 2. The Labute approximate surface area is 174 Å². The Morgan fingerprint density at radius 3 is 1.74 bits per heavy atom. The van der Waals surface area contributed by atoms with Gasteiger partial charge in [-0.3, -0.25) is 0 Å². The van der Waals surface area contributed by atoms with Crippen LogP contribution in [0, 0.1) is 11.8 Å². The fraction of sp³-hybridized carbons (Fsp3) is 0.875. The molecule has 0 radical (unpaired) electrons. The van der Waals surface area contributed by atoms with Gasteiger partial charge in [0.15, 0.2) is 0 Å². The SMILES string of the molecule is CCC[CH2][Sn]([CH2]CCC)([CH2]CCC)/[C](=C/[C@H](C)C[C@@H](C)CC)C(=O)OCC. The molecule has 3 heteroatoms. The van der Waals surface area contributed by atoms with E-state index in [4.69, 9.17) is 4.74 Å². The molecule has 0 saturated heterocycles. The Kier molecular flexibility index (Phi) is 15.9. The molecule has 2 atom stereocenters. The topological polar surface area (TPSA) is 26.3 Å².